The molecule has 7 rings (SSSR count). The molecule has 1 aliphatic rings. The van der Waals surface area contributed by atoms with Crippen LogP contribution in [0.3, 0.4) is 0 Å². The number of esters is 1. The van der Waals surface area contributed by atoms with Crippen molar-refractivity contribution in [3.8, 4) is 0 Å². The highest BCUT2D eigenvalue weighted by atomic mass is 16.5. The maximum Gasteiger partial charge on any atom is 0.333 e. The molecule has 6 aromatic rings. The van der Waals surface area contributed by atoms with E-state index >= 15 is 0 Å². The Morgan fingerprint density at radius 1 is 0.677 bits per heavy atom. The van der Waals surface area contributed by atoms with Crippen LogP contribution < -0.4 is 15.1 Å². The van der Waals surface area contributed by atoms with Gasteiger partial charge in [0.25, 0.3) is 0 Å². The van der Waals surface area contributed by atoms with Crippen LogP contribution in [0.5, 0.6) is 0 Å². The number of carbonyl (C=O) groups is 1. The van der Waals surface area contributed by atoms with Crippen LogP contribution in [0.2, 0.25) is 0 Å². The van der Waals surface area contributed by atoms with E-state index in [0.717, 1.165) is 76.1 Å². The number of ether oxygens (including phenoxy) is 1. The average Bonchev–Trinajstić information content (AvgIpc) is 3.24. The summed E-state index contributed by atoms with van der Waals surface area (Å²) in [5.41, 5.74) is 17.0. The molecule has 1 N–H and O–H groups in total. The van der Waals surface area contributed by atoms with E-state index in [1.807, 2.05) is 12.2 Å². The lowest BCUT2D eigenvalue weighted by Gasteiger charge is -2.33. The Labute approximate surface area is 370 Å². The fraction of sp³-hybridized carbons (Fsp3) is 0.263. The first-order valence-corrected chi connectivity index (χ1v) is 22.0. The van der Waals surface area contributed by atoms with Crippen LogP contribution in [-0.2, 0) is 9.53 Å². The zero-order chi connectivity index (χ0) is 44.1. The molecule has 62 heavy (non-hydrogen) atoms. The maximum atomic E-state index is 12.7. The number of hydrogen-bond donors (Lipinski definition) is 1. The molecule has 316 valence electrons. The molecule has 0 aliphatic heterocycles. The Hall–Kier alpha value is -6.46. The summed E-state index contributed by atoms with van der Waals surface area (Å²) in [4.78, 5) is 17.4. The molecule has 2 atom stereocenters. The molecule has 1 saturated carbocycles. The van der Waals surface area contributed by atoms with E-state index in [4.69, 9.17) is 4.74 Å². The van der Waals surface area contributed by atoms with Crippen molar-refractivity contribution in [2.24, 2.45) is 0 Å². The Morgan fingerprint density at radius 3 is 1.61 bits per heavy atom. The Bertz CT molecular complexity index is 2440. The molecule has 5 heteroatoms. The highest BCUT2D eigenvalue weighted by Gasteiger charge is 2.31. The third kappa shape index (κ3) is 9.23. The van der Waals surface area contributed by atoms with E-state index in [1.165, 1.54) is 44.8 Å². The predicted molar refractivity (Wildman–Crippen MR) is 264 cm³/mol. The van der Waals surface area contributed by atoms with Crippen LogP contribution >= 0.6 is 0 Å². The van der Waals surface area contributed by atoms with Crippen LogP contribution in [0.1, 0.15) is 82.7 Å². The molecule has 0 spiro atoms. The zero-order valence-electron chi connectivity index (χ0n) is 37.8. The van der Waals surface area contributed by atoms with Gasteiger partial charge in [-0.15, -0.1) is 13.2 Å². The first-order chi connectivity index (χ1) is 29.9. The van der Waals surface area contributed by atoms with E-state index in [-0.39, 0.29) is 18.1 Å². The van der Waals surface area contributed by atoms with E-state index in [2.05, 4.69) is 186 Å². The summed E-state index contributed by atoms with van der Waals surface area (Å²) in [5.74, 6) is 0.821. The summed E-state index contributed by atoms with van der Waals surface area (Å²) in [7, 11) is 0. The Kier molecular flexibility index (Phi) is 13.4. The van der Waals surface area contributed by atoms with Gasteiger partial charge in [0, 0.05) is 40.8 Å². The standard InChI is InChI=1S/C57H62N3O2/c1-11-31-59(55-40(7)33-38(5)34-41(55)8)46-25-21-44(22-26-46)54(45-23-27-47(28-24-45)60(32-12-2)56-42(9)35-39(6)36-43(56)10)50-29-30-51(49-18-14-13-17-48(49)50)58-52-19-15-16-20-53(52)62-57(61)37(3)4/h11-14,17-18,21-30,33-36,52-53,58H,1-3,15-16,19-20,31-32H2,4-10H3/q+1. The minimum atomic E-state index is -0.325. The highest BCUT2D eigenvalue weighted by Crippen LogP contribution is 2.42. The monoisotopic (exact) mass is 820 g/mol. The second-order valence-corrected chi connectivity index (χ2v) is 17.2. The van der Waals surface area contributed by atoms with Gasteiger partial charge in [-0.3, -0.25) is 0 Å². The molecule has 0 aromatic heterocycles. The molecule has 0 heterocycles. The van der Waals surface area contributed by atoms with Gasteiger partial charge in [0.05, 0.1) is 45.7 Å². The van der Waals surface area contributed by atoms with Crippen molar-refractivity contribution in [3.05, 3.63) is 203 Å². The number of nitrogens with one attached hydrogen (secondary N) is 1. The van der Waals surface area contributed by atoms with E-state index in [0.29, 0.717) is 18.7 Å². The van der Waals surface area contributed by atoms with Gasteiger partial charge in [-0.05, 0) is 163 Å². The third-order valence-corrected chi connectivity index (χ3v) is 12.2. The minimum absolute atomic E-state index is 0.00322. The van der Waals surface area contributed by atoms with Gasteiger partial charge in [0.15, 0.2) is 0 Å². The molecule has 0 saturated heterocycles. The van der Waals surface area contributed by atoms with Gasteiger partial charge in [-0.1, -0.05) is 72.7 Å². The lowest BCUT2D eigenvalue weighted by atomic mass is 9.82. The summed E-state index contributed by atoms with van der Waals surface area (Å²) in [6, 6.07) is 40.2. The van der Waals surface area contributed by atoms with Gasteiger partial charge in [-0.25, -0.2) is 4.79 Å². The van der Waals surface area contributed by atoms with E-state index < -0.39 is 0 Å². The summed E-state index contributed by atoms with van der Waals surface area (Å²) < 4.78 is 5.98. The lowest BCUT2D eigenvalue weighted by molar-refractivity contribution is -0.146. The molecule has 0 radical (unpaired) electrons. The topological polar surface area (TPSA) is 44.8 Å². The summed E-state index contributed by atoms with van der Waals surface area (Å²) >= 11 is 0. The van der Waals surface area contributed by atoms with Crippen molar-refractivity contribution in [2.45, 2.75) is 86.3 Å². The second kappa shape index (κ2) is 19.1. The molecule has 6 aromatic carbocycles. The summed E-state index contributed by atoms with van der Waals surface area (Å²) in [6.45, 7) is 28.3. The number of anilines is 5. The quantitative estimate of drug-likeness (QED) is 0.0368. The van der Waals surface area contributed by atoms with Gasteiger partial charge in [-0.2, -0.15) is 0 Å². The van der Waals surface area contributed by atoms with E-state index in [1.54, 1.807) is 6.92 Å². The van der Waals surface area contributed by atoms with Crippen molar-refractivity contribution in [1.29, 1.82) is 0 Å². The van der Waals surface area contributed by atoms with Crippen LogP contribution in [-0.4, -0.2) is 31.2 Å². The van der Waals surface area contributed by atoms with Crippen molar-refractivity contribution >= 4 is 45.2 Å². The molecule has 1 aliphatic carbocycles. The van der Waals surface area contributed by atoms with Crippen LogP contribution in [0.4, 0.5) is 28.4 Å². The van der Waals surface area contributed by atoms with Crippen molar-refractivity contribution < 1.29 is 9.53 Å². The Morgan fingerprint density at radius 2 is 1.15 bits per heavy atom. The number of aryl methyl sites for hydroxylation is 6. The van der Waals surface area contributed by atoms with Crippen molar-refractivity contribution in [1.82, 2.24) is 0 Å². The van der Waals surface area contributed by atoms with Crippen LogP contribution in [0.25, 0.3) is 10.8 Å². The first-order valence-electron chi connectivity index (χ1n) is 22.0. The molecule has 0 amide bonds. The molecule has 1 fully saturated rings. The fourth-order valence-electron chi connectivity index (χ4n) is 9.68. The molecule has 2 unspecified atom stereocenters. The molecule has 0 bridgehead atoms. The normalized spacial score (nSPS) is 14.8. The van der Waals surface area contributed by atoms with Crippen molar-refractivity contribution in [2.75, 3.05) is 28.2 Å². The fourth-order valence-corrected chi connectivity index (χ4v) is 9.68. The SMILES string of the molecule is C=CCN(c1ccc([C+](c2ccc(N(CC=C)c3c(C)cc(C)cc3C)cc2)c2ccc(NC3CCCCC3OC(=O)C(=C)C)c3ccccc23)cc1)c1c(C)cc(C)cc1C. The zero-order valence-corrected chi connectivity index (χ0v) is 37.8. The number of hydrogen-bond acceptors (Lipinski definition) is 5. The van der Waals surface area contributed by atoms with E-state index in [9.17, 15) is 4.79 Å². The number of carbonyl (C=O) groups excluding carboxylic acids is 1. The summed E-state index contributed by atoms with van der Waals surface area (Å²) in [5, 5.41) is 6.11. The molecule has 5 nitrogen and oxygen atoms in total. The lowest BCUT2D eigenvalue weighted by Crippen LogP contribution is -2.40. The van der Waals surface area contributed by atoms with Gasteiger partial charge in [0.2, 0.25) is 0 Å². The second-order valence-electron chi connectivity index (χ2n) is 17.2. The number of nitrogens with zero attached hydrogens (tertiary/aromatic N) is 2. The summed E-state index contributed by atoms with van der Waals surface area (Å²) in [6.07, 6.45) is 7.61. The van der Waals surface area contributed by atoms with Crippen LogP contribution in [0.15, 0.2) is 147 Å². The largest absolute Gasteiger partial charge is 0.457 e. The maximum absolute atomic E-state index is 12.7. The Balaban J connectivity index is 1.33. The average molecular weight is 821 g/mol. The van der Waals surface area contributed by atoms with Gasteiger partial charge >= 0.3 is 5.97 Å². The van der Waals surface area contributed by atoms with Crippen molar-refractivity contribution in [3.63, 3.8) is 0 Å². The number of fused-ring (bicyclic) bond motifs is 1. The minimum Gasteiger partial charge on any atom is -0.457 e. The molecular weight excluding hydrogens is 759 g/mol. The number of rotatable bonds is 15. The first kappa shape index (κ1) is 43.6. The third-order valence-electron chi connectivity index (χ3n) is 12.2. The van der Waals surface area contributed by atoms with Gasteiger partial charge in [0.1, 0.15) is 6.10 Å². The van der Waals surface area contributed by atoms with Crippen LogP contribution in [0, 0.1) is 47.5 Å². The predicted octanol–water partition coefficient (Wildman–Crippen LogP) is 14.2. The molecular formula is C57H62N3O2+. The highest BCUT2D eigenvalue weighted by molar-refractivity contribution is 5.98. The number of benzene rings is 6. The van der Waals surface area contributed by atoms with Gasteiger partial charge < -0.3 is 19.9 Å². The smallest absolute Gasteiger partial charge is 0.333 e.